The summed E-state index contributed by atoms with van der Waals surface area (Å²) >= 11 is 0. The fourth-order valence-corrected chi connectivity index (χ4v) is 5.83. The van der Waals surface area contributed by atoms with Crippen molar-refractivity contribution in [2.75, 3.05) is 32.8 Å². The number of piperidine rings is 1. The highest BCUT2D eigenvalue weighted by Gasteiger charge is 2.34. The van der Waals surface area contributed by atoms with Gasteiger partial charge in [-0.25, -0.2) is 0 Å². The molecular formula is C28H55N2O+. The van der Waals surface area contributed by atoms with Gasteiger partial charge in [-0.2, -0.15) is 0 Å². The maximum atomic E-state index is 12.1. The fraction of sp³-hybridized carbons (Fsp3) is 0.964. The lowest BCUT2D eigenvalue weighted by Gasteiger charge is -2.43. The molecule has 0 aromatic rings. The molecule has 2 heterocycles. The largest absolute Gasteiger partial charge is 0.306 e. The summed E-state index contributed by atoms with van der Waals surface area (Å²) in [5.41, 5.74) is 0. The van der Waals surface area contributed by atoms with Crippen LogP contribution in [0.4, 0.5) is 0 Å². The van der Waals surface area contributed by atoms with E-state index in [-0.39, 0.29) is 0 Å². The van der Waals surface area contributed by atoms with Crippen LogP contribution in [-0.4, -0.2) is 48.1 Å². The summed E-state index contributed by atoms with van der Waals surface area (Å²) in [6, 6.07) is 0. The highest BCUT2D eigenvalue weighted by atomic mass is 16.2. The lowest BCUT2D eigenvalue weighted by molar-refractivity contribution is -0.940. The summed E-state index contributed by atoms with van der Waals surface area (Å²) < 4.78 is 1.21. The fourth-order valence-electron chi connectivity index (χ4n) is 5.83. The molecule has 2 aliphatic heterocycles. The van der Waals surface area contributed by atoms with Crippen LogP contribution >= 0.6 is 0 Å². The number of carbonyl (C=O) groups excluding carboxylic acids is 1. The second kappa shape index (κ2) is 17.0. The molecule has 1 amide bonds. The molecule has 2 fully saturated rings. The molecule has 2 saturated heterocycles. The number of hydrogen-bond acceptors (Lipinski definition) is 1. The van der Waals surface area contributed by atoms with Gasteiger partial charge in [0.05, 0.1) is 19.6 Å². The van der Waals surface area contributed by atoms with Gasteiger partial charge in [-0.15, -0.1) is 0 Å². The van der Waals surface area contributed by atoms with Crippen LogP contribution in [0.25, 0.3) is 0 Å². The standard InChI is InChI=1S/C28H55N2O/c1-2-3-4-5-6-7-8-9-10-11-12-13-14-15-16-18-24-30(25-19-17-20-26-30)27-29-23-21-22-28(29)31/h2-27H2,1H3/q+1. The van der Waals surface area contributed by atoms with Crippen molar-refractivity contribution in [2.45, 2.75) is 142 Å². The summed E-state index contributed by atoms with van der Waals surface area (Å²) in [6.45, 7) is 8.25. The van der Waals surface area contributed by atoms with Gasteiger partial charge in [0.15, 0.2) is 6.67 Å². The molecule has 0 bridgehead atoms. The summed E-state index contributed by atoms with van der Waals surface area (Å²) in [5.74, 6) is 0.412. The van der Waals surface area contributed by atoms with Crippen LogP contribution in [0.5, 0.6) is 0 Å². The molecule has 0 spiro atoms. The van der Waals surface area contributed by atoms with Gasteiger partial charge in [0.1, 0.15) is 0 Å². The molecule has 0 aliphatic carbocycles. The van der Waals surface area contributed by atoms with E-state index < -0.39 is 0 Å². The monoisotopic (exact) mass is 435 g/mol. The minimum Gasteiger partial charge on any atom is -0.306 e. The molecule has 0 unspecified atom stereocenters. The SMILES string of the molecule is CCCCCCCCCCCCCCCCCC[N+]1(CN2CCCC2=O)CCCCC1. The third-order valence-electron chi connectivity index (χ3n) is 7.89. The summed E-state index contributed by atoms with van der Waals surface area (Å²) in [5, 5.41) is 0. The third kappa shape index (κ3) is 11.7. The van der Waals surface area contributed by atoms with Crippen molar-refractivity contribution in [2.24, 2.45) is 0 Å². The van der Waals surface area contributed by atoms with E-state index in [4.69, 9.17) is 0 Å². The second-order valence-electron chi connectivity index (χ2n) is 10.8. The van der Waals surface area contributed by atoms with Crippen molar-refractivity contribution in [1.29, 1.82) is 0 Å². The molecule has 2 rings (SSSR count). The molecule has 31 heavy (non-hydrogen) atoms. The molecule has 2 aliphatic rings. The number of hydrogen-bond donors (Lipinski definition) is 0. The number of rotatable bonds is 19. The molecule has 182 valence electrons. The predicted molar refractivity (Wildman–Crippen MR) is 134 cm³/mol. The van der Waals surface area contributed by atoms with Crippen molar-refractivity contribution in [3.05, 3.63) is 0 Å². The average Bonchev–Trinajstić information content (AvgIpc) is 3.18. The number of carbonyl (C=O) groups is 1. The Morgan fingerprint density at radius 1 is 0.645 bits per heavy atom. The highest BCUT2D eigenvalue weighted by molar-refractivity contribution is 5.77. The van der Waals surface area contributed by atoms with E-state index in [0.29, 0.717) is 5.91 Å². The van der Waals surface area contributed by atoms with Crippen LogP contribution in [0.3, 0.4) is 0 Å². The van der Waals surface area contributed by atoms with Crippen molar-refractivity contribution < 1.29 is 9.28 Å². The van der Waals surface area contributed by atoms with Crippen LogP contribution in [0.2, 0.25) is 0 Å². The summed E-state index contributed by atoms with van der Waals surface area (Å²) in [4.78, 5) is 14.3. The molecule has 0 atom stereocenters. The predicted octanol–water partition coefficient (Wildman–Crippen LogP) is 7.83. The molecule has 3 heteroatoms. The number of quaternary nitrogens is 1. The smallest absolute Gasteiger partial charge is 0.226 e. The maximum Gasteiger partial charge on any atom is 0.226 e. The molecule has 0 aromatic heterocycles. The van der Waals surface area contributed by atoms with E-state index in [1.165, 1.54) is 146 Å². The Morgan fingerprint density at radius 2 is 1.13 bits per heavy atom. The Morgan fingerprint density at radius 3 is 1.58 bits per heavy atom. The van der Waals surface area contributed by atoms with Crippen molar-refractivity contribution >= 4 is 5.91 Å². The zero-order valence-corrected chi connectivity index (χ0v) is 21.2. The Hall–Kier alpha value is -0.570. The van der Waals surface area contributed by atoms with E-state index in [1.807, 2.05) is 0 Å². The normalized spacial score (nSPS) is 18.7. The first-order chi connectivity index (χ1) is 15.3. The van der Waals surface area contributed by atoms with Gasteiger partial charge in [-0.05, 0) is 38.5 Å². The lowest BCUT2D eigenvalue weighted by Crippen LogP contribution is -2.57. The van der Waals surface area contributed by atoms with Crippen LogP contribution in [0.15, 0.2) is 0 Å². The quantitative estimate of drug-likeness (QED) is 0.149. The molecule has 0 aromatic carbocycles. The van der Waals surface area contributed by atoms with Crippen LogP contribution in [-0.2, 0) is 4.79 Å². The van der Waals surface area contributed by atoms with E-state index in [2.05, 4.69) is 11.8 Å². The van der Waals surface area contributed by atoms with Crippen LogP contribution < -0.4 is 0 Å². The van der Waals surface area contributed by atoms with Gasteiger partial charge in [-0.1, -0.05) is 96.8 Å². The van der Waals surface area contributed by atoms with Gasteiger partial charge < -0.3 is 4.48 Å². The molecule has 0 N–H and O–H groups in total. The third-order valence-corrected chi connectivity index (χ3v) is 7.89. The first-order valence-corrected chi connectivity index (χ1v) is 14.4. The minimum absolute atomic E-state index is 0.412. The van der Waals surface area contributed by atoms with E-state index in [0.717, 1.165) is 26.1 Å². The molecular weight excluding hydrogens is 380 g/mol. The Labute approximate surface area is 194 Å². The summed E-state index contributed by atoms with van der Waals surface area (Å²) in [7, 11) is 0. The summed E-state index contributed by atoms with van der Waals surface area (Å²) in [6.07, 6.45) is 29.0. The number of amides is 1. The topological polar surface area (TPSA) is 20.3 Å². The Bertz CT molecular complexity index is 444. The van der Waals surface area contributed by atoms with Crippen molar-refractivity contribution in [3.8, 4) is 0 Å². The van der Waals surface area contributed by atoms with Crippen LogP contribution in [0.1, 0.15) is 142 Å². The number of likely N-dealkylation sites (tertiary alicyclic amines) is 2. The van der Waals surface area contributed by atoms with E-state index >= 15 is 0 Å². The maximum absolute atomic E-state index is 12.1. The van der Waals surface area contributed by atoms with Crippen molar-refractivity contribution in [1.82, 2.24) is 4.90 Å². The minimum atomic E-state index is 0.412. The van der Waals surface area contributed by atoms with Crippen molar-refractivity contribution in [3.63, 3.8) is 0 Å². The van der Waals surface area contributed by atoms with Gasteiger partial charge in [0.25, 0.3) is 0 Å². The first-order valence-electron chi connectivity index (χ1n) is 14.4. The van der Waals surface area contributed by atoms with E-state index in [9.17, 15) is 4.79 Å². The molecule has 3 nitrogen and oxygen atoms in total. The van der Waals surface area contributed by atoms with Gasteiger partial charge in [0.2, 0.25) is 5.91 Å². The molecule has 0 saturated carbocycles. The zero-order valence-electron chi connectivity index (χ0n) is 21.2. The highest BCUT2D eigenvalue weighted by Crippen LogP contribution is 2.24. The number of unbranched alkanes of at least 4 members (excludes halogenated alkanes) is 15. The molecule has 0 radical (unpaired) electrons. The Balaban J connectivity index is 1.41. The van der Waals surface area contributed by atoms with Gasteiger partial charge >= 0.3 is 0 Å². The van der Waals surface area contributed by atoms with E-state index in [1.54, 1.807) is 0 Å². The van der Waals surface area contributed by atoms with Crippen LogP contribution in [0, 0.1) is 0 Å². The second-order valence-corrected chi connectivity index (χ2v) is 10.8. The Kier molecular flexibility index (Phi) is 14.6. The first kappa shape index (κ1) is 26.7. The average molecular weight is 436 g/mol. The zero-order chi connectivity index (χ0) is 22.0. The van der Waals surface area contributed by atoms with Gasteiger partial charge in [-0.3, -0.25) is 9.69 Å². The number of nitrogens with zero attached hydrogens (tertiary/aromatic N) is 2. The van der Waals surface area contributed by atoms with Gasteiger partial charge in [0, 0.05) is 13.0 Å². The lowest BCUT2D eigenvalue weighted by atomic mass is 10.0.